The normalized spacial score (nSPS) is 8.88. The van der Waals surface area contributed by atoms with E-state index in [0.29, 0.717) is 39.3 Å². The number of rotatable bonds is 12. The predicted octanol–water partition coefficient (Wildman–Crippen LogP) is -4.37. The molecule has 0 saturated heterocycles. The van der Waals surface area contributed by atoms with Crippen molar-refractivity contribution in [3.05, 3.63) is 0 Å². The van der Waals surface area contributed by atoms with Crippen molar-refractivity contribution < 1.29 is 64.6 Å². The number of aliphatic hydroxyl groups is 8. The first kappa shape index (κ1) is 36.9. The molecule has 0 heterocycles. The van der Waals surface area contributed by atoms with Crippen LogP contribution in [0.25, 0.3) is 0 Å². The molecule has 0 aliphatic heterocycles. The molecule has 0 aliphatic rings. The Morgan fingerprint density at radius 3 is 0.654 bits per heavy atom. The van der Waals surface area contributed by atoms with Gasteiger partial charge in [-0.25, -0.2) is 0 Å². The Labute approximate surface area is 167 Å². The summed E-state index contributed by atoms with van der Waals surface area (Å²) in [7, 11) is 2.00. The van der Waals surface area contributed by atoms with Crippen molar-refractivity contribution in [2.75, 3.05) is 93.1 Å². The SMILES string of the molecule is CO.CO.OCCN(CCO)CCO.OCCN(CCO)CCO.[O]=[Ti]. The summed E-state index contributed by atoms with van der Waals surface area (Å²) in [5, 5.41) is 64.9. The van der Waals surface area contributed by atoms with Gasteiger partial charge in [-0.15, -0.1) is 0 Å². The van der Waals surface area contributed by atoms with Crippen molar-refractivity contribution in [2.45, 2.75) is 0 Å². The molecule has 0 fully saturated rings. The minimum absolute atomic E-state index is 0.0694. The Balaban J connectivity index is -0.0000000875. The molecule has 0 rings (SSSR count). The van der Waals surface area contributed by atoms with Gasteiger partial charge in [-0.05, 0) is 0 Å². The molecule has 12 heteroatoms. The zero-order chi connectivity index (χ0) is 21.6. The van der Waals surface area contributed by atoms with Gasteiger partial charge in [0.2, 0.25) is 0 Å². The second-order valence-electron chi connectivity index (χ2n) is 4.02. The molecule has 8 N–H and O–H groups in total. The molecule has 0 bridgehead atoms. The zero-order valence-electron chi connectivity index (χ0n) is 15.9. The van der Waals surface area contributed by atoms with Crippen LogP contribution in [0.15, 0.2) is 0 Å². The Hall–Kier alpha value is 0.114. The molecule has 0 unspecified atom stereocenters. The van der Waals surface area contributed by atoms with Gasteiger partial charge in [0.1, 0.15) is 0 Å². The van der Waals surface area contributed by atoms with Crippen LogP contribution < -0.4 is 0 Å². The molecule has 0 aromatic rings. The summed E-state index contributed by atoms with van der Waals surface area (Å²) in [6.45, 7) is 3.51. The van der Waals surface area contributed by atoms with Gasteiger partial charge < -0.3 is 40.9 Å². The Morgan fingerprint density at radius 1 is 0.462 bits per heavy atom. The second-order valence-corrected chi connectivity index (χ2v) is 4.02. The fourth-order valence-corrected chi connectivity index (χ4v) is 1.52. The van der Waals surface area contributed by atoms with E-state index in [1.165, 1.54) is 0 Å². The number of hydrogen-bond acceptors (Lipinski definition) is 11. The summed E-state index contributed by atoms with van der Waals surface area (Å²) in [6.07, 6.45) is 0. The first-order valence-electron chi connectivity index (χ1n) is 7.89. The van der Waals surface area contributed by atoms with Crippen molar-refractivity contribution in [1.82, 2.24) is 9.80 Å². The van der Waals surface area contributed by atoms with Crippen molar-refractivity contribution >= 4 is 0 Å². The van der Waals surface area contributed by atoms with Crippen LogP contribution in [0.5, 0.6) is 0 Å². The second kappa shape index (κ2) is 44.5. The monoisotopic (exact) mass is 426 g/mol. The molecule has 0 spiro atoms. The van der Waals surface area contributed by atoms with E-state index in [2.05, 4.69) is 0 Å². The Kier molecular flexibility index (Phi) is 63.2. The molecule has 0 saturated carbocycles. The van der Waals surface area contributed by atoms with Crippen molar-refractivity contribution in [2.24, 2.45) is 0 Å². The van der Waals surface area contributed by atoms with Crippen LogP contribution in [-0.2, 0) is 23.7 Å². The van der Waals surface area contributed by atoms with Gasteiger partial charge in [-0.2, -0.15) is 0 Å². The predicted molar refractivity (Wildman–Crippen MR) is 92.4 cm³/mol. The van der Waals surface area contributed by atoms with Gasteiger partial charge in [-0.1, -0.05) is 0 Å². The molecule has 162 valence electrons. The van der Waals surface area contributed by atoms with Crippen LogP contribution in [0.1, 0.15) is 0 Å². The standard InChI is InChI=1S/2C6H15NO3.2CH4O.O.Ti/c2*8-4-1-7(2-5-9)3-6-10;2*1-2;;/h2*8-10H,1-6H2;2*2H,1H3;;. The van der Waals surface area contributed by atoms with E-state index < -0.39 is 0 Å². The molecule has 0 aromatic heterocycles. The van der Waals surface area contributed by atoms with E-state index >= 15 is 0 Å². The maximum absolute atomic E-state index is 8.48. The summed E-state index contributed by atoms with van der Waals surface area (Å²) < 4.78 is 8.25. The third kappa shape index (κ3) is 39.3. The van der Waals surface area contributed by atoms with E-state index in [4.69, 9.17) is 44.2 Å². The average molecular weight is 426 g/mol. The van der Waals surface area contributed by atoms with Crippen LogP contribution in [0.2, 0.25) is 0 Å². The van der Waals surface area contributed by atoms with Gasteiger partial charge in [0, 0.05) is 53.5 Å². The van der Waals surface area contributed by atoms with Crippen LogP contribution in [-0.4, -0.2) is 144 Å². The van der Waals surface area contributed by atoms with Crippen LogP contribution in [0, 0.1) is 0 Å². The summed E-state index contributed by atoms with van der Waals surface area (Å²) in [5.74, 6) is 0. The fraction of sp³-hybridized carbons (Fsp3) is 1.00. The molecular formula is C14H38N2O9Ti. The third-order valence-corrected chi connectivity index (χ3v) is 2.50. The fourth-order valence-electron chi connectivity index (χ4n) is 1.52. The summed E-state index contributed by atoms with van der Waals surface area (Å²) in [6, 6.07) is 0. The number of nitrogens with zero attached hydrogens (tertiary/aromatic N) is 2. The first-order valence-corrected chi connectivity index (χ1v) is 8.53. The maximum atomic E-state index is 8.48. The van der Waals surface area contributed by atoms with E-state index in [1.54, 1.807) is 9.80 Å². The van der Waals surface area contributed by atoms with Crippen LogP contribution in [0.4, 0.5) is 0 Å². The quantitative estimate of drug-likeness (QED) is 0.141. The van der Waals surface area contributed by atoms with Gasteiger partial charge in [-0.3, -0.25) is 9.80 Å². The van der Waals surface area contributed by atoms with E-state index in [0.717, 1.165) is 34.6 Å². The molecular weight excluding hydrogens is 388 g/mol. The van der Waals surface area contributed by atoms with Crippen molar-refractivity contribution in [3.63, 3.8) is 0 Å². The van der Waals surface area contributed by atoms with Crippen molar-refractivity contribution in [1.29, 1.82) is 0 Å². The molecule has 0 aliphatic carbocycles. The van der Waals surface area contributed by atoms with Gasteiger partial charge >= 0.3 is 23.7 Å². The van der Waals surface area contributed by atoms with E-state index in [1.807, 2.05) is 0 Å². The summed E-state index contributed by atoms with van der Waals surface area (Å²) in [5.41, 5.74) is 0. The minimum atomic E-state index is 0.0694. The summed E-state index contributed by atoms with van der Waals surface area (Å²) >= 11 is 0.750. The van der Waals surface area contributed by atoms with Crippen LogP contribution >= 0.6 is 0 Å². The summed E-state index contributed by atoms with van der Waals surface area (Å²) in [4.78, 5) is 3.58. The molecule has 0 atom stereocenters. The van der Waals surface area contributed by atoms with E-state index in [-0.39, 0.29) is 39.6 Å². The topological polar surface area (TPSA) is 185 Å². The van der Waals surface area contributed by atoms with Gasteiger partial charge in [0.15, 0.2) is 0 Å². The first-order chi connectivity index (χ1) is 12.7. The molecule has 0 amide bonds. The molecule has 0 radical (unpaired) electrons. The number of hydrogen-bond donors (Lipinski definition) is 8. The average Bonchev–Trinajstić information content (AvgIpc) is 2.68. The van der Waals surface area contributed by atoms with Crippen LogP contribution in [0.3, 0.4) is 0 Å². The van der Waals surface area contributed by atoms with Gasteiger partial charge in [0.25, 0.3) is 0 Å². The molecule has 0 aromatic carbocycles. The third-order valence-electron chi connectivity index (χ3n) is 2.50. The van der Waals surface area contributed by atoms with Gasteiger partial charge in [0.05, 0.1) is 39.6 Å². The Morgan fingerprint density at radius 2 is 0.577 bits per heavy atom. The zero-order valence-corrected chi connectivity index (χ0v) is 17.4. The molecule has 11 nitrogen and oxygen atoms in total. The van der Waals surface area contributed by atoms with Crippen molar-refractivity contribution in [3.8, 4) is 0 Å². The van der Waals surface area contributed by atoms with E-state index in [9.17, 15) is 0 Å². The number of aliphatic hydroxyl groups excluding tert-OH is 8. The Bertz CT molecular complexity index is 153. The molecule has 26 heavy (non-hydrogen) atoms.